The highest BCUT2D eigenvalue weighted by atomic mass is 32.7. The van der Waals surface area contributed by atoms with Crippen LogP contribution >= 0.6 is 87.9 Å². The second-order valence-corrected chi connectivity index (χ2v) is 51.4. The predicted octanol–water partition coefficient (Wildman–Crippen LogP) is 0.842. The molecule has 708 valence electrons. The van der Waals surface area contributed by atoms with E-state index in [1.807, 2.05) is 0 Å². The molecule has 17 N–H and O–H groups in total. The summed E-state index contributed by atoms with van der Waals surface area (Å²) < 4.78 is 113. The van der Waals surface area contributed by atoms with E-state index in [-0.39, 0.29) is 53.8 Å². The van der Waals surface area contributed by atoms with Crippen molar-refractivity contribution in [1.82, 2.24) is 85.5 Å². The van der Waals surface area contributed by atoms with Crippen LogP contribution in [0.15, 0.2) is 144 Å². The first-order valence-electron chi connectivity index (χ1n) is 39.1. The minimum atomic E-state index is -4.21. The molecule has 12 aromatic heterocycles. The molecule has 0 aromatic carbocycles. The molecule has 9 aliphatic rings. The number of nitrogen functional groups attached to an aromatic ring is 3. The van der Waals surface area contributed by atoms with Gasteiger partial charge in [0.25, 0.3) is 16.7 Å². The summed E-state index contributed by atoms with van der Waals surface area (Å²) in [5.74, 6) is 0.499. The van der Waals surface area contributed by atoms with Gasteiger partial charge >= 0.3 is 40.4 Å². The highest BCUT2D eigenvalue weighted by molar-refractivity contribution is 8.44. The number of aliphatic hydroxyl groups is 6. The fourth-order valence-corrected chi connectivity index (χ4v) is 29.9. The van der Waals surface area contributed by atoms with Crippen molar-refractivity contribution in [2.24, 2.45) is 0 Å². The molecule has 21 heterocycles. The number of rotatable bonds is 6. The average molecular weight is 2120 g/mol. The lowest BCUT2D eigenvalue weighted by atomic mass is 10.1. The van der Waals surface area contributed by atoms with Crippen molar-refractivity contribution in [3.8, 4) is 0 Å². The van der Waals surface area contributed by atoms with Gasteiger partial charge in [0.1, 0.15) is 124 Å². The molecule has 0 aliphatic carbocycles. The first-order valence-corrected chi connectivity index (χ1v) is 57.5. The molecular formula is C66H75N21O30P6S9. The molecule has 132 heavy (non-hydrogen) atoms. The SMILES string of the molecule is Nc1ccnc2c1ncn2[C@@H]1S[C@@H]2COP(O)(=S)O[C@@H]3[C@H](O)[C@@H](COP(=O)(S)O[C@H]2[C@H]1O)O[C@H]3n1ccc(=O)n2ccnc12.Nc1ccnc2c1ncn2[C@@H]1S[C@@H]2COP(O)(=S)O[C@@H]3[C@H](O)[C@@H](COP(O)(=S)O[C@H]2[C@H]1O)O[C@H]3n1ccc(=O)n2ccnc12.Nc1ccnc2c1ncn2[C@@H]1S[C@@H]2COP(O)(=S)O[C@@H]3[C@H](O)[C@@H](COP(O)(=S)O[C@H]2[C@H]1O)O[C@H]3n1ccc(=O)n2ccnc12. The van der Waals surface area contributed by atoms with Gasteiger partial charge in [0.2, 0.25) is 17.3 Å². The fraction of sp³-hybridized carbons (Fsp3) is 0.455. The summed E-state index contributed by atoms with van der Waals surface area (Å²) in [7, 11) is 0. The lowest BCUT2D eigenvalue weighted by molar-refractivity contribution is -0.0532. The summed E-state index contributed by atoms with van der Waals surface area (Å²) >= 11 is 34.2. The van der Waals surface area contributed by atoms with Crippen LogP contribution in [0.1, 0.15) is 34.8 Å². The van der Waals surface area contributed by atoms with Gasteiger partial charge in [-0.3, -0.25) is 77.6 Å². The Balaban J connectivity index is 0.000000128. The minimum absolute atomic E-state index is 0.162. The van der Waals surface area contributed by atoms with Crippen LogP contribution in [-0.4, -0.2) is 288 Å². The zero-order chi connectivity index (χ0) is 92.9. The van der Waals surface area contributed by atoms with Crippen molar-refractivity contribution in [3.63, 3.8) is 0 Å². The number of fused-ring (bicyclic) bond motifs is 15. The van der Waals surface area contributed by atoms with Crippen molar-refractivity contribution in [1.29, 1.82) is 0 Å². The highest BCUT2D eigenvalue weighted by Gasteiger charge is 2.58. The molecule has 21 rings (SSSR count). The van der Waals surface area contributed by atoms with E-state index >= 15 is 0 Å². The molecule has 9 aliphatic heterocycles. The predicted molar refractivity (Wildman–Crippen MR) is 487 cm³/mol. The van der Waals surface area contributed by atoms with Gasteiger partial charge in [-0.05, 0) is 77.2 Å². The second kappa shape index (κ2) is 37.2. The van der Waals surface area contributed by atoms with Crippen molar-refractivity contribution in [2.45, 2.75) is 142 Å². The number of ether oxygens (including phenoxy) is 3. The minimum Gasteiger partial charge on any atom is -0.397 e. The Labute approximate surface area is 782 Å². The number of thioether (sulfide) groups is 3. The second-order valence-electron chi connectivity index (χ2n) is 30.5. The van der Waals surface area contributed by atoms with E-state index in [0.717, 1.165) is 0 Å². The van der Waals surface area contributed by atoms with Gasteiger partial charge in [0.15, 0.2) is 35.6 Å². The zero-order valence-corrected chi connectivity index (χ0v) is 79.4. The summed E-state index contributed by atoms with van der Waals surface area (Å²) in [6.07, 6.45) is -0.970. The molecule has 30 atom stereocenters. The third-order valence-corrected chi connectivity index (χ3v) is 36.4. The maximum Gasteiger partial charge on any atom is 0.386 e. The standard InChI is InChI=1S/3C22H25N7O10P2S3/c3*23-10-1-3-24-19-14(10)26-9-29(19)21-16(32)17-12(44-21)8-36-41(34,43)39-18-15(31)11(7-35-40(33,42)38-17)37-20(18)28-5-2-13(30)27-6-4-25-22(27)28/h3*1-6,9,11-12,15-18,20-21,31-32H,7-8H2,(H2,23,24)(H,33,42)(H,34,43)/t3*11-,12-,15-,16-,17-,18-,20-,21-,40?,41?/m111/s1. The Morgan fingerprint density at radius 2 is 0.621 bits per heavy atom. The van der Waals surface area contributed by atoms with Crippen LogP contribution in [0.4, 0.5) is 17.1 Å². The molecule has 66 heteroatoms. The molecule has 0 radical (unpaired) electrons. The van der Waals surface area contributed by atoms with E-state index in [2.05, 4.69) is 57.1 Å². The molecule has 0 amide bonds. The monoisotopic (exact) mass is 2120 g/mol. The number of aromatic nitrogens is 18. The molecule has 12 aromatic rings. The van der Waals surface area contributed by atoms with E-state index in [9.17, 15) is 74.1 Å². The number of hydrogen-bond donors (Lipinski definition) is 15. The van der Waals surface area contributed by atoms with Crippen LogP contribution < -0.4 is 33.9 Å². The molecule has 9 fully saturated rings. The first kappa shape index (κ1) is 95.3. The van der Waals surface area contributed by atoms with Crippen molar-refractivity contribution >= 4 is 215 Å². The smallest absolute Gasteiger partial charge is 0.386 e. The van der Waals surface area contributed by atoms with Crippen LogP contribution in [0.3, 0.4) is 0 Å². The Bertz CT molecular complexity index is 6310. The Morgan fingerprint density at radius 3 is 0.924 bits per heavy atom. The molecule has 9 saturated heterocycles. The van der Waals surface area contributed by atoms with Gasteiger partial charge in [-0.25, -0.2) is 49.4 Å². The Morgan fingerprint density at radius 1 is 0.348 bits per heavy atom. The molecule has 6 unspecified atom stereocenters. The van der Waals surface area contributed by atoms with Gasteiger partial charge in [-0.2, -0.15) is 0 Å². The quantitative estimate of drug-likeness (QED) is 0.0810. The van der Waals surface area contributed by atoms with Crippen molar-refractivity contribution in [3.05, 3.63) is 161 Å². The number of pyridine rings is 3. The van der Waals surface area contributed by atoms with Gasteiger partial charge in [-0.15, -0.1) is 35.3 Å². The van der Waals surface area contributed by atoms with Gasteiger partial charge in [-0.1, -0.05) is 12.2 Å². The fourth-order valence-electron chi connectivity index (χ4n) is 16.2. The van der Waals surface area contributed by atoms with Crippen LogP contribution in [0, 0.1) is 0 Å². The summed E-state index contributed by atoms with van der Waals surface area (Å²) in [6, 6.07) is 8.60. The third kappa shape index (κ3) is 18.7. The molecule has 51 nitrogen and oxygen atoms in total. The van der Waals surface area contributed by atoms with E-state index in [0.29, 0.717) is 50.6 Å². The largest absolute Gasteiger partial charge is 0.397 e. The van der Waals surface area contributed by atoms with Crippen molar-refractivity contribution in [2.75, 3.05) is 56.8 Å². The van der Waals surface area contributed by atoms with Crippen LogP contribution in [0.5, 0.6) is 0 Å². The highest BCUT2D eigenvalue weighted by Crippen LogP contribution is 2.63. The number of hydrogen-bond acceptors (Lipinski definition) is 45. The number of nitrogens with zero attached hydrogens (tertiary/aromatic N) is 18. The number of nitrogens with two attached hydrogens (primary N) is 3. The van der Waals surface area contributed by atoms with Gasteiger partial charge in [0, 0.05) is 92.6 Å². The molecule has 0 spiro atoms. The zero-order valence-electron chi connectivity index (χ0n) is 66.6. The van der Waals surface area contributed by atoms with Crippen LogP contribution in [-0.2, 0) is 132 Å². The van der Waals surface area contributed by atoms with Gasteiger partial charge < -0.3 is 118 Å². The average Bonchev–Trinajstić information content (AvgIpc) is 1.62. The summed E-state index contributed by atoms with van der Waals surface area (Å²) in [6.45, 7) is -27.0. The van der Waals surface area contributed by atoms with Crippen LogP contribution in [0.2, 0.25) is 0 Å². The normalized spacial score (nSPS) is 38.3. The first-order chi connectivity index (χ1) is 62.8. The lowest BCUT2D eigenvalue weighted by Gasteiger charge is -2.29. The van der Waals surface area contributed by atoms with Crippen molar-refractivity contribution < 1.29 is 128 Å². The number of aliphatic hydroxyl groups excluding tert-OH is 6. The Kier molecular flexibility index (Phi) is 26.8. The molecule has 6 bridgehead atoms. The van der Waals surface area contributed by atoms with Crippen LogP contribution in [0.25, 0.3) is 50.8 Å². The lowest BCUT2D eigenvalue weighted by Crippen LogP contribution is -2.36. The summed E-state index contributed by atoms with van der Waals surface area (Å²) in [5, 5.41) is 63.2. The maximum atomic E-state index is 13.5. The summed E-state index contributed by atoms with van der Waals surface area (Å²) in [5.41, 5.74) is 20.8. The maximum absolute atomic E-state index is 13.5. The number of thiol groups is 1. The van der Waals surface area contributed by atoms with E-state index in [1.54, 1.807) is 31.9 Å². The number of imidazole rings is 6. The third-order valence-electron chi connectivity index (χ3n) is 22.3. The van der Waals surface area contributed by atoms with E-state index < -0.39 is 202 Å². The van der Waals surface area contributed by atoms with E-state index in [1.165, 1.54) is 174 Å². The van der Waals surface area contributed by atoms with E-state index in [4.69, 9.17) is 145 Å². The molecule has 0 saturated carbocycles. The Hall–Kier alpha value is -5.64. The molecular weight excluding hydrogens is 2040 g/mol. The van der Waals surface area contributed by atoms with Gasteiger partial charge in [0.05, 0.1) is 91.4 Å². The number of anilines is 3. The topological polar surface area (TPSA) is 666 Å². The summed E-state index contributed by atoms with van der Waals surface area (Å²) in [4.78, 5) is 131.